The average Bonchev–Trinajstić information content (AvgIpc) is 3.62. The van der Waals surface area contributed by atoms with Gasteiger partial charge in [0.1, 0.15) is 11.4 Å². The molecule has 0 saturated heterocycles. The van der Waals surface area contributed by atoms with Gasteiger partial charge in [0.2, 0.25) is 17.6 Å². The van der Waals surface area contributed by atoms with E-state index in [1.54, 1.807) is 37.6 Å². The van der Waals surface area contributed by atoms with E-state index in [2.05, 4.69) is 35.8 Å². The molecule has 16 heteroatoms. The first-order chi connectivity index (χ1) is 24.6. The number of aromatic amines is 1. The summed E-state index contributed by atoms with van der Waals surface area (Å²) in [5, 5.41) is 24.8. The minimum absolute atomic E-state index is 0.0287. The van der Waals surface area contributed by atoms with Crippen molar-refractivity contribution in [3.8, 4) is 11.8 Å². The van der Waals surface area contributed by atoms with E-state index in [9.17, 15) is 14.9 Å². The summed E-state index contributed by atoms with van der Waals surface area (Å²) in [6.07, 6.45) is 3.07. The number of amidine groups is 1. The number of halogens is 2. The van der Waals surface area contributed by atoms with Crippen LogP contribution in [0.5, 0.6) is 11.8 Å². The van der Waals surface area contributed by atoms with E-state index < -0.39 is 10.7 Å². The molecule has 0 unspecified atom stereocenters. The molecule has 2 aromatic carbocycles. The summed E-state index contributed by atoms with van der Waals surface area (Å²) in [7, 11) is 3.01. The van der Waals surface area contributed by atoms with Crippen molar-refractivity contribution in [1.82, 2.24) is 20.2 Å². The molecule has 0 saturated carbocycles. The molecular weight excluding hydrogens is 697 g/mol. The Hall–Kier alpha value is -6.12. The Balaban J connectivity index is 0.000000177. The number of hydrogen-bond acceptors (Lipinski definition) is 12. The zero-order valence-corrected chi connectivity index (χ0v) is 29.1. The van der Waals surface area contributed by atoms with Gasteiger partial charge >= 0.3 is 5.69 Å². The zero-order valence-electron chi connectivity index (χ0n) is 27.6. The van der Waals surface area contributed by atoms with Crippen molar-refractivity contribution >= 4 is 63.4 Å². The molecule has 0 bridgehead atoms. The number of H-pyrrole nitrogens is 1. The smallest absolute Gasteiger partial charge is 0.333 e. The van der Waals surface area contributed by atoms with Crippen LogP contribution in [0.15, 0.2) is 94.3 Å². The molecule has 0 radical (unpaired) electrons. The number of ether oxygens (including phenoxy) is 2. The standard InChI is InChI=1S/C18H15ClN4O.C17H14ClN5O4/c1-10-8-21-18-16(10)23-17(11-5-3-4-6-13(11)19)12-9-20-15(24-2)7-14(12)22-18;1-9-15(23(25)26)17(22-21-9)20-13-7-14(27-2)19-8-11(13)16(24)10-5-3-4-6-12(10)18/h3-7,9H,8H2,1-2H3,(H,21,22);3-8H,1-2H3,(H2,19,20,21,22). The van der Waals surface area contributed by atoms with Crippen LogP contribution in [0.3, 0.4) is 0 Å². The molecule has 0 fully saturated rings. The first-order valence-corrected chi connectivity index (χ1v) is 16.0. The van der Waals surface area contributed by atoms with Gasteiger partial charge in [-0.2, -0.15) is 0 Å². The lowest BCUT2D eigenvalue weighted by molar-refractivity contribution is -0.384. The number of carbonyl (C=O) groups excluding carboxylic acids is 1. The molecule has 3 N–H and O–H groups in total. The first kappa shape index (κ1) is 34.7. The summed E-state index contributed by atoms with van der Waals surface area (Å²) < 4.78 is 10.3. The zero-order chi connectivity index (χ0) is 36.2. The predicted molar refractivity (Wildman–Crippen MR) is 195 cm³/mol. The van der Waals surface area contributed by atoms with Crippen molar-refractivity contribution < 1.29 is 19.2 Å². The van der Waals surface area contributed by atoms with Crippen LogP contribution in [0.2, 0.25) is 10.0 Å². The number of ketones is 1. The number of nitro groups is 1. The number of pyridine rings is 2. The quantitative estimate of drug-likeness (QED) is 0.0831. The Bertz CT molecular complexity index is 2280. The lowest BCUT2D eigenvalue weighted by Crippen LogP contribution is -2.11. The molecule has 258 valence electrons. The number of methoxy groups -OCH3 is 2. The fourth-order valence-electron chi connectivity index (χ4n) is 5.28. The fourth-order valence-corrected chi connectivity index (χ4v) is 5.73. The third-order valence-corrected chi connectivity index (χ3v) is 8.51. The lowest BCUT2D eigenvalue weighted by atomic mass is 10.0. The van der Waals surface area contributed by atoms with Crippen molar-refractivity contribution in [1.29, 1.82) is 0 Å². The second-order valence-corrected chi connectivity index (χ2v) is 12.0. The SMILES string of the molecule is COc1cc(Nc2n[nH]c(C)c2[N+](=O)[O-])c(C(=O)c2ccccc2Cl)cn1.COc1cc2c(cn1)C(c1ccccc1Cl)=NC1=C(C)CN=C1N2. The number of rotatable bonds is 8. The molecule has 0 aliphatic carbocycles. The van der Waals surface area contributed by atoms with Gasteiger partial charge in [-0.15, -0.1) is 5.10 Å². The maximum atomic E-state index is 12.9. The van der Waals surface area contributed by atoms with Crippen LogP contribution in [0.4, 0.5) is 22.9 Å². The monoisotopic (exact) mass is 725 g/mol. The molecule has 0 amide bonds. The van der Waals surface area contributed by atoms with E-state index in [1.807, 2.05) is 37.3 Å². The molecule has 7 rings (SSSR count). The van der Waals surface area contributed by atoms with Crippen LogP contribution in [0.25, 0.3) is 0 Å². The van der Waals surface area contributed by atoms with Gasteiger partial charge < -0.3 is 20.1 Å². The Morgan fingerprint density at radius 1 is 0.922 bits per heavy atom. The topological polar surface area (TPSA) is 182 Å². The summed E-state index contributed by atoms with van der Waals surface area (Å²) in [6, 6.07) is 17.6. The molecule has 3 aromatic heterocycles. The number of aryl methyl sites for hydroxylation is 1. The van der Waals surface area contributed by atoms with Crippen LogP contribution < -0.4 is 20.1 Å². The Morgan fingerprint density at radius 3 is 2.31 bits per heavy atom. The number of nitrogens with one attached hydrogen (secondary N) is 3. The summed E-state index contributed by atoms with van der Waals surface area (Å²) in [5.74, 6) is 1.10. The van der Waals surface area contributed by atoms with Crippen molar-refractivity contribution in [2.24, 2.45) is 9.98 Å². The van der Waals surface area contributed by atoms with Crippen LogP contribution in [-0.2, 0) is 0 Å². The van der Waals surface area contributed by atoms with Crippen molar-refractivity contribution in [2.45, 2.75) is 13.8 Å². The maximum Gasteiger partial charge on any atom is 0.333 e. The van der Waals surface area contributed by atoms with Crippen molar-refractivity contribution in [3.05, 3.63) is 132 Å². The Morgan fingerprint density at radius 2 is 1.61 bits per heavy atom. The van der Waals surface area contributed by atoms with Gasteiger partial charge in [0.05, 0.1) is 53.4 Å². The van der Waals surface area contributed by atoms with E-state index in [1.165, 1.54) is 26.3 Å². The van der Waals surface area contributed by atoms with Crippen LogP contribution in [0.1, 0.15) is 39.7 Å². The number of carbonyl (C=O) groups is 1. The Labute approximate surface area is 301 Å². The van der Waals surface area contributed by atoms with Crippen molar-refractivity contribution in [3.63, 3.8) is 0 Å². The van der Waals surface area contributed by atoms with Gasteiger partial charge in [-0.1, -0.05) is 53.5 Å². The minimum atomic E-state index is -0.560. The number of fused-ring (bicyclic) bond motifs is 2. The van der Waals surface area contributed by atoms with Gasteiger partial charge in [0.15, 0.2) is 11.6 Å². The highest BCUT2D eigenvalue weighted by Crippen LogP contribution is 2.34. The van der Waals surface area contributed by atoms with E-state index in [0.717, 1.165) is 39.6 Å². The summed E-state index contributed by atoms with van der Waals surface area (Å²) >= 11 is 12.5. The number of anilines is 3. The minimum Gasteiger partial charge on any atom is -0.481 e. The molecule has 2 aliphatic heterocycles. The predicted octanol–water partition coefficient (Wildman–Crippen LogP) is 7.35. The summed E-state index contributed by atoms with van der Waals surface area (Å²) in [6.45, 7) is 4.21. The highest BCUT2D eigenvalue weighted by atomic mass is 35.5. The molecule has 0 spiro atoms. The maximum absolute atomic E-state index is 12.9. The lowest BCUT2D eigenvalue weighted by Gasteiger charge is -2.12. The molecule has 5 aromatic rings. The first-order valence-electron chi connectivity index (χ1n) is 15.3. The number of aromatic nitrogens is 4. The van der Waals surface area contributed by atoms with Crippen LogP contribution >= 0.6 is 23.2 Å². The second kappa shape index (κ2) is 14.8. The van der Waals surface area contributed by atoms with Gasteiger partial charge in [0.25, 0.3) is 0 Å². The van der Waals surface area contributed by atoms with Crippen molar-refractivity contribution in [2.75, 3.05) is 31.4 Å². The van der Waals surface area contributed by atoms with Gasteiger partial charge in [-0.05, 0) is 37.6 Å². The largest absolute Gasteiger partial charge is 0.481 e. The average molecular weight is 727 g/mol. The van der Waals surface area contributed by atoms with Gasteiger partial charge in [0, 0.05) is 46.2 Å². The molecule has 5 heterocycles. The van der Waals surface area contributed by atoms with E-state index >= 15 is 0 Å². The highest BCUT2D eigenvalue weighted by molar-refractivity contribution is 6.37. The molecule has 51 heavy (non-hydrogen) atoms. The number of nitrogens with zero attached hydrogens (tertiary/aromatic N) is 6. The molecule has 2 aliphatic rings. The third-order valence-electron chi connectivity index (χ3n) is 7.85. The highest BCUT2D eigenvalue weighted by Gasteiger charge is 2.27. The molecule has 0 atom stereocenters. The Kier molecular flexibility index (Phi) is 10.1. The number of aliphatic imine (C=N–C) groups is 2. The van der Waals surface area contributed by atoms with Gasteiger partial charge in [-0.3, -0.25) is 25.0 Å². The van der Waals surface area contributed by atoms with E-state index in [0.29, 0.717) is 17.4 Å². The van der Waals surface area contributed by atoms with E-state index in [4.69, 9.17) is 37.7 Å². The number of benzene rings is 2. The second-order valence-electron chi connectivity index (χ2n) is 11.1. The van der Waals surface area contributed by atoms with Crippen LogP contribution in [0, 0.1) is 17.0 Å². The molecular formula is C35H29Cl2N9O5. The fraction of sp³-hybridized carbons (Fsp3) is 0.143. The van der Waals surface area contributed by atoms with Crippen LogP contribution in [-0.4, -0.2) is 63.2 Å². The summed E-state index contributed by atoms with van der Waals surface area (Å²) in [4.78, 5) is 41.5. The summed E-state index contributed by atoms with van der Waals surface area (Å²) in [5.41, 5.74) is 6.09. The molecule has 14 nitrogen and oxygen atoms in total. The normalized spacial score (nSPS) is 13.0. The third kappa shape index (κ3) is 7.13. The van der Waals surface area contributed by atoms with E-state index in [-0.39, 0.29) is 44.9 Å². The van der Waals surface area contributed by atoms with Gasteiger partial charge in [-0.25, -0.2) is 15.0 Å². The number of hydrogen-bond donors (Lipinski definition) is 3.